The summed E-state index contributed by atoms with van der Waals surface area (Å²) in [4.78, 5) is 0. The van der Waals surface area contributed by atoms with E-state index in [0.29, 0.717) is 10.7 Å². The van der Waals surface area contributed by atoms with Gasteiger partial charge in [-0.15, -0.1) is 0 Å². The van der Waals surface area contributed by atoms with Crippen molar-refractivity contribution < 1.29 is 0 Å². The first-order valence-electron chi connectivity index (χ1n) is 2.20. The summed E-state index contributed by atoms with van der Waals surface area (Å²) in [5.41, 5.74) is 0. The van der Waals surface area contributed by atoms with Gasteiger partial charge >= 0.3 is 0 Å². The lowest BCUT2D eigenvalue weighted by Crippen LogP contribution is -2.22. The molecule has 2 atom stereocenters. The Balaban J connectivity index is 2.04. The molecular weight excluding hydrogens is 162 g/mol. The first kappa shape index (κ1) is 5.70. The summed E-state index contributed by atoms with van der Waals surface area (Å²) in [5.74, 6) is 0. The van der Waals surface area contributed by atoms with Crippen molar-refractivity contribution >= 4 is 36.0 Å². The molecule has 0 aliphatic carbocycles. The van der Waals surface area contributed by atoms with Crippen LogP contribution >= 0.6 is 36.0 Å². The molecule has 2 saturated heterocycles. The fraction of sp³-hybridized carbons (Fsp3) is 1.00. The molecule has 2 heterocycles. The molecular formula is C2H5N3S3. The highest BCUT2D eigenvalue weighted by atomic mass is 32.2. The van der Waals surface area contributed by atoms with Crippen LogP contribution in [0.15, 0.2) is 0 Å². The van der Waals surface area contributed by atoms with Gasteiger partial charge in [0.1, 0.15) is 10.7 Å². The molecule has 3 N–H and O–H groups in total. The van der Waals surface area contributed by atoms with E-state index >= 15 is 0 Å². The van der Waals surface area contributed by atoms with Crippen molar-refractivity contribution in [1.29, 1.82) is 0 Å². The normalized spacial score (nSPS) is 45.0. The van der Waals surface area contributed by atoms with Crippen LogP contribution in [0.2, 0.25) is 0 Å². The number of nitrogens with one attached hydrogen (secondary N) is 3. The van der Waals surface area contributed by atoms with Gasteiger partial charge in [0.25, 0.3) is 0 Å². The van der Waals surface area contributed by atoms with Gasteiger partial charge in [0.2, 0.25) is 0 Å². The zero-order chi connectivity index (χ0) is 5.40. The van der Waals surface area contributed by atoms with Crippen molar-refractivity contribution in [3.05, 3.63) is 0 Å². The molecule has 0 aromatic heterocycles. The lowest BCUT2D eigenvalue weighted by molar-refractivity contribution is 0.836. The monoisotopic (exact) mass is 167 g/mol. The molecule has 0 aromatic rings. The number of hydrogen-bond donors (Lipinski definition) is 3. The number of hydrogen-bond acceptors (Lipinski definition) is 6. The van der Waals surface area contributed by atoms with Crippen LogP contribution in [0.25, 0.3) is 0 Å². The van der Waals surface area contributed by atoms with Crippen LogP contribution in [-0.2, 0) is 0 Å². The Morgan fingerprint density at radius 1 is 1.00 bits per heavy atom. The molecule has 6 heteroatoms. The maximum absolute atomic E-state index is 3.20. The highest BCUT2D eigenvalue weighted by Gasteiger charge is 2.33. The standard InChI is InChI=1S/C2H5N3S3/c3-1-2(4-8-3)7-5-6-1/h1-5H. The van der Waals surface area contributed by atoms with E-state index in [0.717, 1.165) is 0 Å². The molecule has 0 radical (unpaired) electrons. The van der Waals surface area contributed by atoms with Gasteiger partial charge in [-0.2, -0.15) is 0 Å². The van der Waals surface area contributed by atoms with Gasteiger partial charge in [-0.25, -0.2) is 13.6 Å². The van der Waals surface area contributed by atoms with Gasteiger partial charge < -0.3 is 0 Å². The molecule has 8 heavy (non-hydrogen) atoms. The predicted octanol–water partition coefficient (Wildman–Crippen LogP) is 0.294. The van der Waals surface area contributed by atoms with E-state index in [4.69, 9.17) is 0 Å². The minimum atomic E-state index is 0.546. The van der Waals surface area contributed by atoms with Crippen LogP contribution in [0.5, 0.6) is 0 Å². The molecule has 0 aromatic carbocycles. The molecule has 0 spiro atoms. The number of rotatable bonds is 0. The summed E-state index contributed by atoms with van der Waals surface area (Å²) < 4.78 is 9.53. The second-order valence-corrected chi connectivity index (χ2v) is 4.33. The van der Waals surface area contributed by atoms with E-state index in [1.165, 1.54) is 0 Å². The third-order valence-electron chi connectivity index (χ3n) is 0.975. The third kappa shape index (κ3) is 0.850. The highest BCUT2D eigenvalue weighted by molar-refractivity contribution is 8.17. The Morgan fingerprint density at radius 3 is 2.25 bits per heavy atom. The van der Waals surface area contributed by atoms with Crippen LogP contribution in [-0.4, -0.2) is 10.7 Å². The zero-order valence-electron chi connectivity index (χ0n) is 3.88. The summed E-state index contributed by atoms with van der Waals surface area (Å²) in [7, 11) is 0. The summed E-state index contributed by atoms with van der Waals surface area (Å²) in [6.07, 6.45) is 0. The molecule has 2 aliphatic heterocycles. The maximum atomic E-state index is 3.20. The predicted molar refractivity (Wildman–Crippen MR) is 39.8 cm³/mol. The van der Waals surface area contributed by atoms with Gasteiger partial charge in [-0.3, -0.25) is 0 Å². The summed E-state index contributed by atoms with van der Waals surface area (Å²) in [6.45, 7) is 0. The van der Waals surface area contributed by atoms with Crippen LogP contribution in [0.3, 0.4) is 0 Å². The minimum absolute atomic E-state index is 0.546. The largest absolute Gasteiger partial charge is 0.234 e. The fourth-order valence-corrected chi connectivity index (χ4v) is 3.76. The highest BCUT2D eigenvalue weighted by Crippen LogP contribution is 2.33. The Labute approximate surface area is 60.7 Å². The first-order chi connectivity index (χ1) is 3.97. The fourth-order valence-electron chi connectivity index (χ4n) is 0.577. The quantitative estimate of drug-likeness (QED) is 0.450. The van der Waals surface area contributed by atoms with Gasteiger partial charge in [0.05, 0.1) is 0 Å². The minimum Gasteiger partial charge on any atom is -0.234 e. The molecule has 0 bridgehead atoms. The topological polar surface area (TPSA) is 36.1 Å². The van der Waals surface area contributed by atoms with Crippen molar-refractivity contribution in [2.45, 2.75) is 10.7 Å². The van der Waals surface area contributed by atoms with Crippen LogP contribution < -0.4 is 13.6 Å². The third-order valence-corrected chi connectivity index (χ3v) is 4.25. The van der Waals surface area contributed by atoms with Gasteiger partial charge in [0.15, 0.2) is 0 Å². The second kappa shape index (κ2) is 2.28. The van der Waals surface area contributed by atoms with Crippen molar-refractivity contribution in [2.75, 3.05) is 0 Å². The summed E-state index contributed by atoms with van der Waals surface area (Å²) in [6, 6.07) is 0. The molecule has 2 unspecified atom stereocenters. The van der Waals surface area contributed by atoms with Crippen molar-refractivity contribution in [2.24, 2.45) is 0 Å². The average Bonchev–Trinajstić information content (AvgIpc) is 2.15. The van der Waals surface area contributed by atoms with Gasteiger partial charge in [0, 0.05) is 12.1 Å². The molecule has 3 nitrogen and oxygen atoms in total. The van der Waals surface area contributed by atoms with Crippen molar-refractivity contribution in [3.63, 3.8) is 0 Å². The zero-order valence-corrected chi connectivity index (χ0v) is 6.33. The van der Waals surface area contributed by atoms with E-state index in [-0.39, 0.29) is 0 Å². The van der Waals surface area contributed by atoms with Crippen LogP contribution in [0.1, 0.15) is 0 Å². The summed E-state index contributed by atoms with van der Waals surface area (Å²) >= 11 is 5.05. The van der Waals surface area contributed by atoms with Crippen LogP contribution in [0.4, 0.5) is 0 Å². The van der Waals surface area contributed by atoms with E-state index in [2.05, 4.69) is 13.6 Å². The van der Waals surface area contributed by atoms with E-state index < -0.39 is 0 Å². The Kier molecular flexibility index (Phi) is 1.62. The van der Waals surface area contributed by atoms with Gasteiger partial charge in [-0.05, 0) is 23.9 Å². The Bertz CT molecular complexity index is 78.5. The second-order valence-electron chi connectivity index (χ2n) is 1.50. The summed E-state index contributed by atoms with van der Waals surface area (Å²) in [5, 5.41) is 1.09. The van der Waals surface area contributed by atoms with Crippen molar-refractivity contribution in [1.82, 2.24) is 13.6 Å². The lowest BCUT2D eigenvalue weighted by Gasteiger charge is -1.98. The van der Waals surface area contributed by atoms with E-state index in [1.807, 2.05) is 0 Å². The molecule has 2 fully saturated rings. The van der Waals surface area contributed by atoms with Crippen molar-refractivity contribution in [3.8, 4) is 0 Å². The SMILES string of the molecule is N1SC2NSNC2S1. The van der Waals surface area contributed by atoms with E-state index in [9.17, 15) is 0 Å². The molecule has 2 rings (SSSR count). The Hall–Kier alpha value is 0.930. The molecule has 0 saturated carbocycles. The van der Waals surface area contributed by atoms with Crippen LogP contribution in [0, 0.1) is 0 Å². The lowest BCUT2D eigenvalue weighted by atomic mass is 10.7. The average molecular weight is 167 g/mol. The van der Waals surface area contributed by atoms with E-state index in [1.54, 1.807) is 36.0 Å². The molecule has 46 valence electrons. The maximum Gasteiger partial charge on any atom is 0.106 e. The molecule has 0 amide bonds. The van der Waals surface area contributed by atoms with Gasteiger partial charge in [-0.1, -0.05) is 0 Å². The first-order valence-corrected chi connectivity index (χ1v) is 4.77. The smallest absolute Gasteiger partial charge is 0.106 e. The Morgan fingerprint density at radius 2 is 1.62 bits per heavy atom. The number of fused-ring (bicyclic) bond motifs is 1. The molecule has 2 aliphatic rings.